The number of amides is 2. The maximum Gasteiger partial charge on any atom is 0.316 e. The second kappa shape index (κ2) is 3.97. The van der Waals surface area contributed by atoms with Gasteiger partial charge in [0.05, 0.1) is 11.4 Å². The zero-order valence-electron chi connectivity index (χ0n) is 6.74. The van der Waals surface area contributed by atoms with Crippen molar-refractivity contribution >= 4 is 17.4 Å². The fraction of sp³-hybridized carbons (Fsp3) is 0. The first-order valence-electron chi connectivity index (χ1n) is 3.54. The minimum absolute atomic E-state index is 0.483. The predicted molar refractivity (Wildman–Crippen MR) is 48.9 cm³/mol. The Morgan fingerprint density at radius 2 is 2.00 bits per heavy atom. The quantitative estimate of drug-likeness (QED) is 0.465. The van der Waals surface area contributed by atoms with E-state index < -0.39 is 6.03 Å². The van der Waals surface area contributed by atoms with Crippen molar-refractivity contribution in [2.75, 3.05) is 10.6 Å². The number of para-hydroxylation sites is 2. The summed E-state index contributed by atoms with van der Waals surface area (Å²) in [5, 5.41) is 13.2. The summed E-state index contributed by atoms with van der Waals surface area (Å²) in [6.07, 6.45) is 1.76. The van der Waals surface area contributed by atoms with E-state index in [9.17, 15) is 4.79 Å². The Labute approximate surface area is 75.2 Å². The van der Waals surface area contributed by atoms with Crippen molar-refractivity contribution in [1.82, 2.24) is 0 Å². The van der Waals surface area contributed by atoms with Crippen LogP contribution in [0, 0.1) is 11.5 Å². The molecule has 2 amide bonds. The van der Waals surface area contributed by atoms with Crippen LogP contribution >= 0.6 is 0 Å². The maximum atomic E-state index is 10.5. The molecule has 0 aromatic heterocycles. The van der Waals surface area contributed by atoms with Crippen molar-refractivity contribution in [1.29, 1.82) is 5.26 Å². The lowest BCUT2D eigenvalue weighted by Crippen LogP contribution is -2.19. The molecular formula is C8H8N4O. The minimum atomic E-state index is -0.660. The topological polar surface area (TPSA) is 90.9 Å². The Bertz CT molecular complexity index is 355. The third-order valence-corrected chi connectivity index (χ3v) is 1.38. The smallest absolute Gasteiger partial charge is 0.316 e. The Hall–Kier alpha value is -2.22. The van der Waals surface area contributed by atoms with Crippen LogP contribution < -0.4 is 16.4 Å². The highest BCUT2D eigenvalue weighted by Crippen LogP contribution is 2.19. The van der Waals surface area contributed by atoms with Crippen LogP contribution in [0.25, 0.3) is 0 Å². The minimum Gasteiger partial charge on any atom is -0.351 e. The van der Waals surface area contributed by atoms with Gasteiger partial charge in [-0.2, -0.15) is 5.26 Å². The van der Waals surface area contributed by atoms with Gasteiger partial charge in [0.25, 0.3) is 0 Å². The number of nitrogens with two attached hydrogens (primary N) is 1. The molecule has 1 aromatic carbocycles. The lowest BCUT2D eigenvalue weighted by atomic mass is 10.2. The Morgan fingerprint density at radius 3 is 2.54 bits per heavy atom. The highest BCUT2D eigenvalue weighted by Gasteiger charge is 2.01. The number of carbonyl (C=O) groups is 1. The zero-order valence-corrected chi connectivity index (χ0v) is 6.74. The van der Waals surface area contributed by atoms with Crippen LogP contribution in [-0.2, 0) is 0 Å². The van der Waals surface area contributed by atoms with Gasteiger partial charge in [-0.3, -0.25) is 5.32 Å². The summed E-state index contributed by atoms with van der Waals surface area (Å²) in [5.74, 6) is 0. The van der Waals surface area contributed by atoms with Gasteiger partial charge in [-0.1, -0.05) is 12.1 Å². The van der Waals surface area contributed by atoms with E-state index in [-0.39, 0.29) is 0 Å². The van der Waals surface area contributed by atoms with Gasteiger partial charge < -0.3 is 11.1 Å². The zero-order chi connectivity index (χ0) is 9.68. The average molecular weight is 176 g/mol. The van der Waals surface area contributed by atoms with Crippen molar-refractivity contribution in [2.24, 2.45) is 5.73 Å². The molecule has 0 fully saturated rings. The van der Waals surface area contributed by atoms with Crippen LogP contribution in [0.15, 0.2) is 24.3 Å². The summed E-state index contributed by atoms with van der Waals surface area (Å²) in [4.78, 5) is 10.5. The van der Waals surface area contributed by atoms with Crippen LogP contribution in [-0.4, -0.2) is 6.03 Å². The molecule has 0 heterocycles. The van der Waals surface area contributed by atoms with Gasteiger partial charge in [-0.05, 0) is 12.1 Å². The molecule has 0 unspecified atom stereocenters. The molecule has 0 aliphatic heterocycles. The Kier molecular flexibility index (Phi) is 2.71. The van der Waals surface area contributed by atoms with Gasteiger partial charge in [0.1, 0.15) is 0 Å². The summed E-state index contributed by atoms with van der Waals surface area (Å²) in [6.45, 7) is 0. The van der Waals surface area contributed by atoms with Gasteiger partial charge in [-0.25, -0.2) is 4.79 Å². The third kappa shape index (κ3) is 2.38. The monoisotopic (exact) mass is 176 g/mol. The largest absolute Gasteiger partial charge is 0.351 e. The Morgan fingerprint density at radius 1 is 1.38 bits per heavy atom. The first-order valence-corrected chi connectivity index (χ1v) is 3.54. The van der Waals surface area contributed by atoms with E-state index >= 15 is 0 Å². The van der Waals surface area contributed by atoms with Crippen molar-refractivity contribution < 1.29 is 4.79 Å². The van der Waals surface area contributed by atoms with Crippen LogP contribution in [0.2, 0.25) is 0 Å². The highest BCUT2D eigenvalue weighted by molar-refractivity contribution is 5.92. The molecule has 13 heavy (non-hydrogen) atoms. The van der Waals surface area contributed by atoms with Gasteiger partial charge in [0.2, 0.25) is 0 Å². The fourth-order valence-electron chi connectivity index (χ4n) is 0.894. The predicted octanol–water partition coefficient (Wildman–Crippen LogP) is 1.07. The molecule has 0 saturated carbocycles. The molecule has 0 saturated heterocycles. The number of hydrogen-bond donors (Lipinski definition) is 3. The van der Waals surface area contributed by atoms with E-state index in [0.717, 1.165) is 0 Å². The first-order chi connectivity index (χ1) is 6.24. The number of rotatable bonds is 2. The number of nitriles is 1. The van der Waals surface area contributed by atoms with E-state index in [1.54, 1.807) is 30.5 Å². The van der Waals surface area contributed by atoms with E-state index in [1.165, 1.54) is 0 Å². The molecule has 0 aliphatic carbocycles. The third-order valence-electron chi connectivity index (χ3n) is 1.38. The molecule has 4 N–H and O–H groups in total. The first kappa shape index (κ1) is 8.87. The van der Waals surface area contributed by atoms with E-state index in [1.807, 2.05) is 0 Å². The molecule has 66 valence electrons. The number of carbonyl (C=O) groups excluding carboxylic acids is 1. The highest BCUT2D eigenvalue weighted by atomic mass is 16.2. The lowest BCUT2D eigenvalue weighted by Gasteiger charge is -2.06. The van der Waals surface area contributed by atoms with Crippen LogP contribution in [0.1, 0.15) is 0 Å². The van der Waals surface area contributed by atoms with E-state index in [2.05, 4.69) is 10.6 Å². The molecule has 0 radical (unpaired) electrons. The second-order valence-corrected chi connectivity index (χ2v) is 2.27. The Balaban J connectivity index is 2.92. The SMILES string of the molecule is N#CNc1ccccc1NC(N)=O. The summed E-state index contributed by atoms with van der Waals surface area (Å²) >= 11 is 0. The molecule has 5 heteroatoms. The lowest BCUT2D eigenvalue weighted by molar-refractivity contribution is 0.259. The molecule has 0 bridgehead atoms. The number of hydrogen-bond acceptors (Lipinski definition) is 3. The number of primary amides is 1. The number of nitrogens with zero attached hydrogens (tertiary/aromatic N) is 1. The molecule has 1 rings (SSSR count). The summed E-state index contributed by atoms with van der Waals surface area (Å²) in [5.41, 5.74) is 5.93. The van der Waals surface area contributed by atoms with Crippen LogP contribution in [0.5, 0.6) is 0 Å². The van der Waals surface area contributed by atoms with Gasteiger partial charge >= 0.3 is 6.03 Å². The number of benzene rings is 1. The molecule has 0 atom stereocenters. The van der Waals surface area contributed by atoms with Crippen LogP contribution in [0.4, 0.5) is 16.2 Å². The molecular weight excluding hydrogens is 168 g/mol. The molecule has 0 spiro atoms. The maximum absolute atomic E-state index is 10.5. The molecule has 0 aliphatic rings. The average Bonchev–Trinajstić information content (AvgIpc) is 2.08. The molecule has 5 nitrogen and oxygen atoms in total. The number of nitrogens with one attached hydrogen (secondary N) is 2. The summed E-state index contributed by atoms with van der Waals surface area (Å²) in [6, 6.07) is 6.12. The van der Waals surface area contributed by atoms with Crippen molar-refractivity contribution in [2.45, 2.75) is 0 Å². The van der Waals surface area contributed by atoms with Gasteiger partial charge in [-0.15, -0.1) is 0 Å². The van der Waals surface area contributed by atoms with Crippen molar-refractivity contribution in [3.63, 3.8) is 0 Å². The fourth-order valence-corrected chi connectivity index (χ4v) is 0.894. The van der Waals surface area contributed by atoms with Crippen molar-refractivity contribution in [3.05, 3.63) is 24.3 Å². The molecule has 1 aromatic rings. The number of anilines is 2. The van der Waals surface area contributed by atoms with Crippen molar-refractivity contribution in [3.8, 4) is 6.19 Å². The normalized spacial score (nSPS) is 8.54. The van der Waals surface area contributed by atoms with Gasteiger partial charge in [0.15, 0.2) is 6.19 Å². The van der Waals surface area contributed by atoms with Gasteiger partial charge in [0, 0.05) is 0 Å². The standard InChI is InChI=1S/C8H8N4O/c9-5-11-6-3-1-2-4-7(6)12-8(10)13/h1-4,11H,(H3,10,12,13). The summed E-state index contributed by atoms with van der Waals surface area (Å²) < 4.78 is 0. The van der Waals surface area contributed by atoms with E-state index in [4.69, 9.17) is 11.0 Å². The summed E-state index contributed by atoms with van der Waals surface area (Å²) in [7, 11) is 0. The number of urea groups is 1. The second-order valence-electron chi connectivity index (χ2n) is 2.27. The van der Waals surface area contributed by atoms with Crippen LogP contribution in [0.3, 0.4) is 0 Å². The van der Waals surface area contributed by atoms with E-state index in [0.29, 0.717) is 11.4 Å².